The molecule has 0 aliphatic rings. The van der Waals surface area contributed by atoms with Crippen LogP contribution in [0.15, 0.2) is 47.4 Å². The molecule has 0 radical (unpaired) electrons. The second-order valence-corrected chi connectivity index (χ2v) is 2.23. The molecular weight excluding hydrogens is 154 g/mol. The van der Waals surface area contributed by atoms with Gasteiger partial charge in [0.05, 0.1) is 6.26 Å². The van der Waals surface area contributed by atoms with Crippen molar-refractivity contribution in [3.63, 3.8) is 0 Å². The molecule has 3 nitrogen and oxygen atoms in total. The zero-order chi connectivity index (χ0) is 8.23. The van der Waals surface area contributed by atoms with Crippen LogP contribution in [-0.4, -0.2) is 4.98 Å². The maximum atomic E-state index is 5.31. The first-order chi connectivity index (χ1) is 5.95. The third kappa shape index (κ3) is 1.45. The Hall–Kier alpha value is -1.77. The van der Waals surface area contributed by atoms with E-state index in [0.29, 0.717) is 11.6 Å². The Bertz CT molecular complexity index is 329. The first kappa shape index (κ1) is 6.91. The molecular formula is C9H7NO2. The van der Waals surface area contributed by atoms with Gasteiger partial charge >= 0.3 is 0 Å². The van der Waals surface area contributed by atoms with Crippen molar-refractivity contribution < 1.29 is 9.15 Å². The number of hydrogen-bond donors (Lipinski definition) is 0. The number of hydrogen-bond acceptors (Lipinski definition) is 3. The minimum Gasteiger partial charge on any atom is -0.469 e. The van der Waals surface area contributed by atoms with Gasteiger partial charge in [-0.1, -0.05) is 6.07 Å². The Morgan fingerprint density at radius 2 is 2.25 bits per heavy atom. The normalized spacial score (nSPS) is 9.67. The van der Waals surface area contributed by atoms with E-state index in [1.165, 1.54) is 6.26 Å². The van der Waals surface area contributed by atoms with Gasteiger partial charge in [0.15, 0.2) is 5.75 Å². The smallest absolute Gasteiger partial charge is 0.219 e. The number of nitrogens with zero attached hydrogens (tertiary/aromatic N) is 1. The standard InChI is InChI=1S/C9H7NO2/c1-2-5-10-9(3-1)12-8-4-6-11-7-8/h1-7H. The highest BCUT2D eigenvalue weighted by molar-refractivity contribution is 5.21. The summed E-state index contributed by atoms with van der Waals surface area (Å²) in [4.78, 5) is 3.99. The van der Waals surface area contributed by atoms with Gasteiger partial charge in [0.2, 0.25) is 5.88 Å². The van der Waals surface area contributed by atoms with Crippen LogP contribution >= 0.6 is 0 Å². The second kappa shape index (κ2) is 3.09. The van der Waals surface area contributed by atoms with Crippen molar-refractivity contribution in [2.24, 2.45) is 0 Å². The highest BCUT2D eigenvalue weighted by Crippen LogP contribution is 2.17. The van der Waals surface area contributed by atoms with Crippen molar-refractivity contribution in [3.8, 4) is 11.6 Å². The first-order valence-corrected chi connectivity index (χ1v) is 3.56. The van der Waals surface area contributed by atoms with Crippen LogP contribution in [0.3, 0.4) is 0 Å². The largest absolute Gasteiger partial charge is 0.469 e. The van der Waals surface area contributed by atoms with Crippen molar-refractivity contribution in [3.05, 3.63) is 43.0 Å². The molecule has 0 saturated heterocycles. The lowest BCUT2D eigenvalue weighted by atomic mass is 10.5. The molecule has 0 fully saturated rings. The highest BCUT2D eigenvalue weighted by atomic mass is 16.5. The van der Waals surface area contributed by atoms with Gasteiger partial charge in [0, 0.05) is 18.3 Å². The van der Waals surface area contributed by atoms with Crippen LogP contribution < -0.4 is 4.74 Å². The molecule has 0 aliphatic carbocycles. The predicted octanol–water partition coefficient (Wildman–Crippen LogP) is 2.47. The third-order valence-electron chi connectivity index (χ3n) is 1.36. The maximum absolute atomic E-state index is 5.31. The van der Waals surface area contributed by atoms with E-state index in [4.69, 9.17) is 9.15 Å². The van der Waals surface area contributed by atoms with Gasteiger partial charge in [-0.25, -0.2) is 4.98 Å². The van der Waals surface area contributed by atoms with E-state index in [1.54, 1.807) is 24.6 Å². The molecule has 0 atom stereocenters. The Balaban J connectivity index is 2.15. The van der Waals surface area contributed by atoms with Crippen LogP contribution in [-0.2, 0) is 0 Å². The van der Waals surface area contributed by atoms with Crippen molar-refractivity contribution in [2.75, 3.05) is 0 Å². The van der Waals surface area contributed by atoms with Gasteiger partial charge in [-0.05, 0) is 6.07 Å². The van der Waals surface area contributed by atoms with Crippen LogP contribution in [0.5, 0.6) is 11.6 Å². The third-order valence-corrected chi connectivity index (χ3v) is 1.36. The number of aromatic nitrogens is 1. The molecule has 0 aliphatic heterocycles. The minimum absolute atomic E-state index is 0.568. The van der Waals surface area contributed by atoms with E-state index < -0.39 is 0 Å². The van der Waals surface area contributed by atoms with Crippen molar-refractivity contribution in [1.82, 2.24) is 4.98 Å². The van der Waals surface area contributed by atoms with Crippen LogP contribution in [0, 0.1) is 0 Å². The summed E-state index contributed by atoms with van der Waals surface area (Å²) in [6.45, 7) is 0. The van der Waals surface area contributed by atoms with E-state index in [2.05, 4.69) is 4.98 Å². The molecule has 0 aromatic carbocycles. The van der Waals surface area contributed by atoms with Crippen molar-refractivity contribution in [2.45, 2.75) is 0 Å². The molecule has 0 saturated carbocycles. The van der Waals surface area contributed by atoms with Crippen LogP contribution in [0.2, 0.25) is 0 Å². The van der Waals surface area contributed by atoms with Crippen molar-refractivity contribution in [1.29, 1.82) is 0 Å². The average molecular weight is 161 g/mol. The molecule has 60 valence electrons. The van der Waals surface area contributed by atoms with Gasteiger partial charge in [-0.3, -0.25) is 0 Å². The van der Waals surface area contributed by atoms with Gasteiger partial charge < -0.3 is 9.15 Å². The fourth-order valence-corrected chi connectivity index (χ4v) is 0.838. The summed E-state index contributed by atoms with van der Waals surface area (Å²) in [6.07, 6.45) is 4.75. The Morgan fingerprint density at radius 3 is 2.92 bits per heavy atom. The Morgan fingerprint density at radius 1 is 1.25 bits per heavy atom. The predicted molar refractivity (Wildman–Crippen MR) is 43.0 cm³/mol. The lowest BCUT2D eigenvalue weighted by Crippen LogP contribution is -1.83. The SMILES string of the molecule is c1ccc(Oc2ccoc2)nc1. The van der Waals surface area contributed by atoms with Crippen LogP contribution in [0.4, 0.5) is 0 Å². The lowest BCUT2D eigenvalue weighted by molar-refractivity contribution is 0.450. The Labute approximate surface area is 69.6 Å². The van der Waals surface area contributed by atoms with Crippen LogP contribution in [0.1, 0.15) is 0 Å². The maximum Gasteiger partial charge on any atom is 0.219 e. The van der Waals surface area contributed by atoms with Crippen LogP contribution in [0.25, 0.3) is 0 Å². The first-order valence-electron chi connectivity index (χ1n) is 3.56. The van der Waals surface area contributed by atoms with Gasteiger partial charge in [0.1, 0.15) is 6.26 Å². The molecule has 2 aromatic heterocycles. The van der Waals surface area contributed by atoms with E-state index in [-0.39, 0.29) is 0 Å². The molecule has 0 N–H and O–H groups in total. The highest BCUT2D eigenvalue weighted by Gasteiger charge is 1.96. The van der Waals surface area contributed by atoms with E-state index >= 15 is 0 Å². The van der Waals surface area contributed by atoms with Gasteiger partial charge in [-0.15, -0.1) is 0 Å². The zero-order valence-corrected chi connectivity index (χ0v) is 6.31. The Kier molecular flexibility index (Phi) is 1.78. The second-order valence-electron chi connectivity index (χ2n) is 2.23. The summed E-state index contributed by atoms with van der Waals surface area (Å²) in [6, 6.07) is 7.21. The van der Waals surface area contributed by atoms with Gasteiger partial charge in [0.25, 0.3) is 0 Å². The zero-order valence-electron chi connectivity index (χ0n) is 6.31. The molecule has 2 rings (SSSR count). The molecule has 0 amide bonds. The molecule has 2 heterocycles. The average Bonchev–Trinajstić information content (AvgIpc) is 2.59. The number of ether oxygens (including phenoxy) is 1. The molecule has 0 bridgehead atoms. The monoisotopic (exact) mass is 161 g/mol. The summed E-state index contributed by atoms with van der Waals surface area (Å²) in [5.41, 5.74) is 0. The molecule has 0 unspecified atom stereocenters. The van der Waals surface area contributed by atoms with Crippen molar-refractivity contribution >= 4 is 0 Å². The summed E-state index contributed by atoms with van der Waals surface area (Å²) < 4.78 is 10.1. The summed E-state index contributed by atoms with van der Waals surface area (Å²) in [5, 5.41) is 0. The summed E-state index contributed by atoms with van der Waals surface area (Å²) in [5.74, 6) is 1.23. The lowest BCUT2D eigenvalue weighted by Gasteiger charge is -1.98. The topological polar surface area (TPSA) is 35.3 Å². The number of furan rings is 1. The summed E-state index contributed by atoms with van der Waals surface area (Å²) in [7, 11) is 0. The molecule has 12 heavy (non-hydrogen) atoms. The fraction of sp³-hybridized carbons (Fsp3) is 0. The van der Waals surface area contributed by atoms with Gasteiger partial charge in [-0.2, -0.15) is 0 Å². The summed E-state index contributed by atoms with van der Waals surface area (Å²) >= 11 is 0. The van der Waals surface area contributed by atoms with E-state index in [0.717, 1.165) is 0 Å². The minimum atomic E-state index is 0.568. The quantitative estimate of drug-likeness (QED) is 0.678. The molecule has 3 heteroatoms. The molecule has 2 aromatic rings. The number of pyridine rings is 1. The number of rotatable bonds is 2. The van der Waals surface area contributed by atoms with E-state index in [1.807, 2.05) is 12.1 Å². The molecule has 0 spiro atoms. The van der Waals surface area contributed by atoms with E-state index in [9.17, 15) is 0 Å². The fourth-order valence-electron chi connectivity index (χ4n) is 0.838.